The molecule has 1 atom stereocenters. The summed E-state index contributed by atoms with van der Waals surface area (Å²) in [6.45, 7) is 4.39. The predicted molar refractivity (Wildman–Crippen MR) is 76.5 cm³/mol. The summed E-state index contributed by atoms with van der Waals surface area (Å²) in [5.74, 6) is 0.0322. The SMILES string of the molecule is CC1(C)C(C#N)C1(c1ccccc1)c1ccccc1. The summed E-state index contributed by atoms with van der Waals surface area (Å²) in [7, 11) is 0. The van der Waals surface area contributed by atoms with Crippen molar-refractivity contribution in [1.82, 2.24) is 0 Å². The molecule has 1 unspecified atom stereocenters. The summed E-state index contributed by atoms with van der Waals surface area (Å²) < 4.78 is 0. The molecule has 0 N–H and O–H groups in total. The second-order valence-electron chi connectivity index (χ2n) is 5.82. The largest absolute Gasteiger partial charge is 0.198 e. The molecule has 1 heteroatoms. The van der Waals surface area contributed by atoms with Gasteiger partial charge in [-0.3, -0.25) is 0 Å². The Hall–Kier alpha value is -2.07. The van der Waals surface area contributed by atoms with E-state index in [0.717, 1.165) is 0 Å². The highest BCUT2D eigenvalue weighted by molar-refractivity contribution is 5.54. The smallest absolute Gasteiger partial charge is 0.0675 e. The molecule has 0 spiro atoms. The fourth-order valence-electron chi connectivity index (χ4n) is 3.67. The van der Waals surface area contributed by atoms with Gasteiger partial charge in [-0.15, -0.1) is 0 Å². The van der Waals surface area contributed by atoms with E-state index in [9.17, 15) is 5.26 Å². The number of nitrogens with zero attached hydrogens (tertiary/aromatic N) is 1. The summed E-state index contributed by atoms with van der Waals surface area (Å²) in [4.78, 5) is 0. The Bertz CT molecular complexity index is 580. The zero-order chi connectivity index (χ0) is 13.5. The summed E-state index contributed by atoms with van der Waals surface area (Å²) in [6, 6.07) is 23.4. The topological polar surface area (TPSA) is 23.8 Å². The van der Waals surface area contributed by atoms with Gasteiger partial charge in [0.25, 0.3) is 0 Å². The van der Waals surface area contributed by atoms with Gasteiger partial charge in [-0.25, -0.2) is 0 Å². The van der Waals surface area contributed by atoms with Gasteiger partial charge in [0.15, 0.2) is 0 Å². The lowest BCUT2D eigenvalue weighted by Crippen LogP contribution is -2.16. The molecule has 0 aliphatic heterocycles. The highest BCUT2D eigenvalue weighted by Crippen LogP contribution is 2.72. The Balaban J connectivity index is 2.24. The van der Waals surface area contributed by atoms with Crippen molar-refractivity contribution >= 4 is 0 Å². The van der Waals surface area contributed by atoms with Gasteiger partial charge in [0.05, 0.1) is 12.0 Å². The van der Waals surface area contributed by atoms with E-state index < -0.39 is 0 Å². The van der Waals surface area contributed by atoms with E-state index in [2.05, 4.69) is 68.4 Å². The van der Waals surface area contributed by atoms with E-state index in [1.54, 1.807) is 0 Å². The van der Waals surface area contributed by atoms with Crippen molar-refractivity contribution in [3.63, 3.8) is 0 Å². The van der Waals surface area contributed by atoms with E-state index in [1.165, 1.54) is 11.1 Å². The first-order chi connectivity index (χ1) is 9.15. The van der Waals surface area contributed by atoms with Crippen molar-refractivity contribution in [2.24, 2.45) is 11.3 Å². The second-order valence-corrected chi connectivity index (χ2v) is 5.82. The molecule has 0 radical (unpaired) electrons. The zero-order valence-corrected chi connectivity index (χ0v) is 11.3. The summed E-state index contributed by atoms with van der Waals surface area (Å²) in [6.07, 6.45) is 0. The molecule has 19 heavy (non-hydrogen) atoms. The molecule has 94 valence electrons. The normalized spacial score (nSPS) is 22.5. The van der Waals surface area contributed by atoms with Gasteiger partial charge in [0.1, 0.15) is 0 Å². The van der Waals surface area contributed by atoms with Crippen LogP contribution >= 0.6 is 0 Å². The van der Waals surface area contributed by atoms with Crippen LogP contribution in [0.2, 0.25) is 0 Å². The van der Waals surface area contributed by atoms with Gasteiger partial charge in [0, 0.05) is 5.41 Å². The Labute approximate surface area is 114 Å². The highest BCUT2D eigenvalue weighted by Gasteiger charge is 2.73. The Morgan fingerprint density at radius 1 is 0.842 bits per heavy atom. The average Bonchev–Trinajstić information content (AvgIpc) is 2.97. The van der Waals surface area contributed by atoms with Crippen LogP contribution < -0.4 is 0 Å². The number of rotatable bonds is 2. The maximum absolute atomic E-state index is 9.55. The van der Waals surface area contributed by atoms with Crippen molar-refractivity contribution in [3.8, 4) is 6.07 Å². The maximum atomic E-state index is 9.55. The van der Waals surface area contributed by atoms with Gasteiger partial charge in [-0.1, -0.05) is 74.5 Å². The summed E-state index contributed by atoms with van der Waals surface area (Å²) >= 11 is 0. The standard InChI is InChI=1S/C18H17N/c1-17(2)16(13-19)18(17,14-9-5-3-6-10-14)15-11-7-4-8-12-15/h3-12,16H,1-2H3. The average molecular weight is 247 g/mol. The van der Waals surface area contributed by atoms with Gasteiger partial charge >= 0.3 is 0 Å². The minimum atomic E-state index is -0.162. The third kappa shape index (κ3) is 1.40. The molecule has 0 bridgehead atoms. The van der Waals surface area contributed by atoms with E-state index >= 15 is 0 Å². The molecule has 1 saturated carbocycles. The van der Waals surface area contributed by atoms with E-state index in [0.29, 0.717) is 0 Å². The monoisotopic (exact) mass is 247 g/mol. The van der Waals surface area contributed by atoms with Crippen LogP contribution in [-0.2, 0) is 5.41 Å². The molecule has 1 aliphatic carbocycles. The van der Waals surface area contributed by atoms with Crippen LogP contribution in [0.3, 0.4) is 0 Å². The summed E-state index contributed by atoms with van der Waals surface area (Å²) in [5, 5.41) is 9.55. The van der Waals surface area contributed by atoms with Gasteiger partial charge in [-0.05, 0) is 16.5 Å². The molecule has 2 aromatic carbocycles. The maximum Gasteiger partial charge on any atom is 0.0675 e. The Morgan fingerprint density at radius 3 is 1.58 bits per heavy atom. The van der Waals surface area contributed by atoms with Crippen LogP contribution in [-0.4, -0.2) is 0 Å². The molecular formula is C18H17N. The highest BCUT2D eigenvalue weighted by atomic mass is 14.7. The molecule has 0 saturated heterocycles. The van der Waals surface area contributed by atoms with Crippen LogP contribution in [0.1, 0.15) is 25.0 Å². The molecular weight excluding hydrogens is 230 g/mol. The van der Waals surface area contributed by atoms with Crippen LogP contribution in [0, 0.1) is 22.7 Å². The first kappa shape index (κ1) is 12.0. The fraction of sp³-hybridized carbons (Fsp3) is 0.278. The van der Waals surface area contributed by atoms with Crippen molar-refractivity contribution < 1.29 is 0 Å². The Kier molecular flexibility index (Phi) is 2.50. The molecule has 2 aromatic rings. The van der Waals surface area contributed by atoms with Crippen LogP contribution in [0.4, 0.5) is 0 Å². The predicted octanol–water partition coefficient (Wildman–Crippen LogP) is 4.15. The lowest BCUT2D eigenvalue weighted by Gasteiger charge is -2.21. The second kappa shape index (κ2) is 3.96. The lowest BCUT2D eigenvalue weighted by molar-refractivity contribution is 0.546. The molecule has 1 nitrogen and oxygen atoms in total. The van der Waals surface area contributed by atoms with E-state index in [1.807, 2.05) is 12.1 Å². The molecule has 0 amide bonds. The molecule has 0 heterocycles. The minimum absolute atomic E-state index is 0.0234. The minimum Gasteiger partial charge on any atom is -0.198 e. The van der Waals surface area contributed by atoms with Crippen LogP contribution in [0.5, 0.6) is 0 Å². The number of nitriles is 1. The fourth-order valence-corrected chi connectivity index (χ4v) is 3.67. The number of hydrogen-bond donors (Lipinski definition) is 0. The van der Waals surface area contributed by atoms with E-state index in [4.69, 9.17) is 0 Å². The van der Waals surface area contributed by atoms with Gasteiger partial charge in [-0.2, -0.15) is 5.26 Å². The number of benzene rings is 2. The zero-order valence-electron chi connectivity index (χ0n) is 11.3. The molecule has 1 fully saturated rings. The third-order valence-corrected chi connectivity index (χ3v) is 4.68. The van der Waals surface area contributed by atoms with Crippen molar-refractivity contribution in [2.75, 3.05) is 0 Å². The van der Waals surface area contributed by atoms with Crippen molar-refractivity contribution in [2.45, 2.75) is 19.3 Å². The van der Waals surface area contributed by atoms with Crippen molar-refractivity contribution in [3.05, 3.63) is 71.8 Å². The van der Waals surface area contributed by atoms with E-state index in [-0.39, 0.29) is 16.7 Å². The number of hydrogen-bond acceptors (Lipinski definition) is 1. The van der Waals surface area contributed by atoms with Gasteiger partial charge in [0.2, 0.25) is 0 Å². The first-order valence-corrected chi connectivity index (χ1v) is 6.66. The molecule has 3 rings (SSSR count). The first-order valence-electron chi connectivity index (χ1n) is 6.66. The van der Waals surface area contributed by atoms with Crippen LogP contribution in [0.25, 0.3) is 0 Å². The van der Waals surface area contributed by atoms with Gasteiger partial charge < -0.3 is 0 Å². The quantitative estimate of drug-likeness (QED) is 0.782. The van der Waals surface area contributed by atoms with Crippen LogP contribution in [0.15, 0.2) is 60.7 Å². The summed E-state index contributed by atoms with van der Waals surface area (Å²) in [5.41, 5.74) is 2.31. The Morgan fingerprint density at radius 2 is 1.26 bits per heavy atom. The molecule has 1 aliphatic rings. The lowest BCUT2D eigenvalue weighted by atomic mass is 9.81. The third-order valence-electron chi connectivity index (χ3n) is 4.68. The molecule has 0 aromatic heterocycles. The van der Waals surface area contributed by atoms with Crippen molar-refractivity contribution in [1.29, 1.82) is 5.26 Å².